The Morgan fingerprint density at radius 1 is 0.415 bits per heavy atom. The molecule has 23 heteroatoms. The molecule has 0 fully saturated rings. The van der Waals surface area contributed by atoms with E-state index in [1.165, 1.54) is 116 Å². The Balaban J connectivity index is -0.000000685. The smallest absolute Gasteiger partial charge is 0.221 e. The number of carbonyl (C=O) groups excluding carboxylic acids is 4. The number of nitrogens with zero attached hydrogens (tertiary/aromatic N) is 6. The van der Waals surface area contributed by atoms with E-state index in [0.29, 0.717) is 126 Å². The van der Waals surface area contributed by atoms with Gasteiger partial charge in [-0.25, -0.2) is 9.97 Å². The predicted octanol–water partition coefficient (Wildman–Crippen LogP) is 11.6. The summed E-state index contributed by atoms with van der Waals surface area (Å²) in [5.41, 5.74) is 40.8. The Morgan fingerprint density at radius 2 is 0.811 bits per heavy atom. The zero-order chi connectivity index (χ0) is 80.6. The van der Waals surface area contributed by atoms with Gasteiger partial charge in [-0.2, -0.15) is 0 Å². The molecule has 0 saturated heterocycles. The second kappa shape index (κ2) is 76.4. The van der Waals surface area contributed by atoms with Crippen LogP contribution in [-0.2, 0) is 25.6 Å². The van der Waals surface area contributed by atoms with Crippen molar-refractivity contribution in [3.05, 3.63) is 11.5 Å². The molecule has 0 saturated carbocycles. The number of fused-ring (bicyclic) bond motifs is 1. The van der Waals surface area contributed by atoms with E-state index in [0.717, 1.165) is 145 Å². The maximum atomic E-state index is 12.3. The lowest BCUT2D eigenvalue weighted by molar-refractivity contribution is -0.123. The monoisotopic (exact) mass is 1500 g/mol. The summed E-state index contributed by atoms with van der Waals surface area (Å²) >= 11 is 0. The normalized spacial score (nSPS) is 12.0. The number of carbonyl (C=O) groups is 4. The lowest BCUT2D eigenvalue weighted by Gasteiger charge is -2.24. The molecule has 4 amide bonds. The largest absolute Gasteiger partial charge is 0.382 e. The number of unbranched alkanes of at least 4 members (excludes halogenated alkanes) is 7. The number of nitrogens with two attached hydrogens (primary N) is 7. The first-order chi connectivity index (χ1) is 50.5. The Kier molecular flexibility index (Phi) is 78.0. The highest BCUT2D eigenvalue weighted by Crippen LogP contribution is 2.29. The SMILES string of the molecule is CC(C)(CCCN)CCNCCCN.CC(C)CCCC(C)N.CC(C)CCCNCCCCCCN.CC(C)CCNC(=O)CCN(CCCCCCCN(CCC(=O)NCCN)CCC(=O)NCCC(C)C)CCC(=O)NCCN.CC(C)c1nc(N)c2c(n1)CC=N2.CCN(CC)CCCC(C)C. The highest BCUT2D eigenvalue weighted by Gasteiger charge is 2.18. The first kappa shape index (κ1) is 108. The average molecular weight is 1510 g/mol. The van der Waals surface area contributed by atoms with Gasteiger partial charge in [0.2, 0.25) is 23.6 Å². The van der Waals surface area contributed by atoms with Crippen LogP contribution in [0.5, 0.6) is 0 Å². The third-order valence-corrected chi connectivity index (χ3v) is 18.2. The number of aromatic nitrogens is 2. The maximum absolute atomic E-state index is 12.3. The minimum Gasteiger partial charge on any atom is -0.382 e. The minimum absolute atomic E-state index is 0.0127. The van der Waals surface area contributed by atoms with E-state index in [-0.39, 0.29) is 23.6 Å². The number of nitrogen functional groups attached to an aromatic ring is 1. The fourth-order valence-corrected chi connectivity index (χ4v) is 11.1. The first-order valence-corrected chi connectivity index (χ1v) is 42.6. The minimum atomic E-state index is -0.0127. The first-order valence-electron chi connectivity index (χ1n) is 42.6. The van der Waals surface area contributed by atoms with E-state index in [1.807, 2.05) is 6.21 Å². The second-order valence-electron chi connectivity index (χ2n) is 32.3. The third-order valence-electron chi connectivity index (χ3n) is 18.2. The van der Waals surface area contributed by atoms with Crippen LogP contribution in [0.4, 0.5) is 11.5 Å². The van der Waals surface area contributed by atoms with Crippen molar-refractivity contribution in [1.82, 2.24) is 56.6 Å². The summed E-state index contributed by atoms with van der Waals surface area (Å²) in [5.74, 6) is 5.37. The lowest BCUT2D eigenvalue weighted by atomic mass is 9.84. The zero-order valence-corrected chi connectivity index (χ0v) is 72.1. The molecule has 1 aliphatic heterocycles. The van der Waals surface area contributed by atoms with Crippen molar-refractivity contribution in [3.63, 3.8) is 0 Å². The van der Waals surface area contributed by atoms with Crippen LogP contribution in [0.1, 0.15) is 302 Å². The molecule has 0 spiro atoms. The van der Waals surface area contributed by atoms with Crippen molar-refractivity contribution in [3.8, 4) is 0 Å². The fraction of sp³-hybridized carbons (Fsp3) is 0.892. The van der Waals surface area contributed by atoms with Crippen LogP contribution < -0.4 is 72.0 Å². The molecule has 106 heavy (non-hydrogen) atoms. The van der Waals surface area contributed by atoms with Crippen molar-refractivity contribution in [2.45, 2.75) is 303 Å². The summed E-state index contributed by atoms with van der Waals surface area (Å²) in [5, 5.41) is 18.5. The highest BCUT2D eigenvalue weighted by molar-refractivity contribution is 5.79. The molecule has 2 heterocycles. The van der Waals surface area contributed by atoms with E-state index in [1.54, 1.807) is 0 Å². The molecule has 2 rings (SSSR count). The number of anilines is 1. The van der Waals surface area contributed by atoms with Crippen LogP contribution in [0.25, 0.3) is 0 Å². The number of hydrogen-bond donors (Lipinski definition) is 13. The molecule has 0 bridgehead atoms. The predicted molar refractivity (Wildman–Crippen MR) is 458 cm³/mol. The van der Waals surface area contributed by atoms with Crippen molar-refractivity contribution in [2.24, 2.45) is 74.4 Å². The zero-order valence-electron chi connectivity index (χ0n) is 72.1. The van der Waals surface area contributed by atoms with E-state index in [4.69, 9.17) is 40.1 Å². The molecule has 1 unspecified atom stereocenters. The summed E-state index contributed by atoms with van der Waals surface area (Å²) < 4.78 is 0. The molecule has 0 radical (unpaired) electrons. The molecule has 23 nitrogen and oxygen atoms in total. The van der Waals surface area contributed by atoms with Gasteiger partial charge in [-0.05, 0) is 217 Å². The van der Waals surface area contributed by atoms with Crippen LogP contribution in [0.3, 0.4) is 0 Å². The van der Waals surface area contributed by atoms with Gasteiger partial charge in [-0.1, -0.05) is 156 Å². The molecule has 1 atom stereocenters. The van der Waals surface area contributed by atoms with E-state index in [2.05, 4.69) is 179 Å². The Hall–Kier alpha value is -4.01. The van der Waals surface area contributed by atoms with E-state index in [9.17, 15) is 19.2 Å². The molecule has 628 valence electrons. The molecule has 1 aromatic heterocycles. The van der Waals surface area contributed by atoms with Crippen LogP contribution >= 0.6 is 0 Å². The Bertz CT molecular complexity index is 2090. The number of amides is 4. The van der Waals surface area contributed by atoms with E-state index < -0.39 is 0 Å². The quantitative estimate of drug-likeness (QED) is 0.0269. The standard InChI is InChI=1S/C33H68N8O4.C12H28N2.C11H27N3.C10H23N.C9H12N4.C8H19N/c1-28(2)10-18-36-30(42)12-24-40(26-14-32(44)38-20-16-34)22-8-6-5-7-9-23-41(27-15-33(45)39-21-17-35)25-13-31(43)37-19-11-29(3)4;1-12(2)8-7-11-14-10-6-4-3-5-9-13;1-11(2,5-3-7-12)6-10-14-9-4-8-13;1-5-11(6-2)9-7-8-10(3)4;1-5(2)9-12-6-3-4-11-7(6)8(10)13-9;1-7(2)5-4-6-8(3)9/h28-29H,5-27,34-35H2,1-4H3,(H,36,42)(H,37,43)(H,38,44)(H,39,45);12,14H,3-11,13H2,1-2H3;14H,3-10,12-13H2,1-2H3;10H,5-9H2,1-4H3;4-5H,3H2,1-2H3,(H2,10,12,13);7-8H,4-6,9H2,1-3H3. The molecule has 0 aromatic carbocycles. The number of aliphatic imine (C=N–C) groups is 1. The van der Waals surface area contributed by atoms with Crippen LogP contribution in [0.15, 0.2) is 4.99 Å². The summed E-state index contributed by atoms with van der Waals surface area (Å²) in [6.07, 6.45) is 30.3. The van der Waals surface area contributed by atoms with Crippen LogP contribution in [0, 0.1) is 35.0 Å². The summed E-state index contributed by atoms with van der Waals surface area (Å²) in [4.78, 5) is 68.5. The van der Waals surface area contributed by atoms with Gasteiger partial charge < -0.3 is 86.7 Å². The Labute approximate surface area is 652 Å². The van der Waals surface area contributed by atoms with Gasteiger partial charge >= 0.3 is 0 Å². The van der Waals surface area contributed by atoms with Gasteiger partial charge in [0.05, 0.1) is 5.69 Å². The molecule has 0 aliphatic carbocycles. The van der Waals surface area contributed by atoms with Crippen LogP contribution in [0.2, 0.25) is 0 Å². The van der Waals surface area contributed by atoms with Gasteiger partial charge in [-0.3, -0.25) is 24.2 Å². The highest BCUT2D eigenvalue weighted by atomic mass is 16.2. The summed E-state index contributed by atoms with van der Waals surface area (Å²) in [6, 6.07) is 0.392. The Morgan fingerprint density at radius 3 is 1.25 bits per heavy atom. The van der Waals surface area contributed by atoms with Crippen molar-refractivity contribution in [2.75, 3.05) is 150 Å². The molecule has 1 aliphatic rings. The summed E-state index contributed by atoms with van der Waals surface area (Å²) in [6.45, 7) is 55.5. The third kappa shape index (κ3) is 78.1. The fourth-order valence-electron chi connectivity index (χ4n) is 11.1. The van der Waals surface area contributed by atoms with Crippen molar-refractivity contribution < 1.29 is 19.2 Å². The molecular weight excluding hydrogens is 1330 g/mol. The van der Waals surface area contributed by atoms with E-state index >= 15 is 0 Å². The lowest BCUT2D eigenvalue weighted by Crippen LogP contribution is -2.36. The number of hydrogen-bond acceptors (Lipinski definition) is 19. The number of nitrogens with one attached hydrogen (secondary N) is 6. The average Bonchev–Trinajstić information content (AvgIpc) is 1.82. The maximum Gasteiger partial charge on any atom is 0.221 e. The van der Waals surface area contributed by atoms with Crippen molar-refractivity contribution >= 4 is 41.3 Å². The second-order valence-corrected chi connectivity index (χ2v) is 32.3. The molecule has 20 N–H and O–H groups in total. The molecule has 1 aromatic rings. The topological polar surface area (TPSA) is 370 Å². The van der Waals surface area contributed by atoms with Gasteiger partial charge in [0.25, 0.3) is 0 Å². The van der Waals surface area contributed by atoms with Crippen molar-refractivity contribution in [1.29, 1.82) is 0 Å². The van der Waals surface area contributed by atoms with Crippen LogP contribution in [-0.4, -0.2) is 205 Å². The van der Waals surface area contributed by atoms with Gasteiger partial charge in [0.1, 0.15) is 11.5 Å². The van der Waals surface area contributed by atoms with Gasteiger partial charge in [0.15, 0.2) is 5.82 Å². The van der Waals surface area contributed by atoms with Gasteiger partial charge in [-0.15, -0.1) is 0 Å². The van der Waals surface area contributed by atoms with Gasteiger partial charge in [0, 0.05) is 116 Å². The summed E-state index contributed by atoms with van der Waals surface area (Å²) in [7, 11) is 0. The molecular formula is C83H177N19O4. The number of rotatable bonds is 60.